The van der Waals surface area contributed by atoms with Gasteiger partial charge in [0, 0.05) is 18.9 Å². The molecule has 2 aliphatic rings. The molecule has 2 aromatic rings. The summed E-state index contributed by atoms with van der Waals surface area (Å²) in [4.78, 5) is 0. The third-order valence-electron chi connectivity index (χ3n) is 5.07. The van der Waals surface area contributed by atoms with Gasteiger partial charge in [-0.15, -0.1) is 0 Å². The molecule has 2 atom stereocenters. The minimum atomic E-state index is -0.966. The Morgan fingerprint density at radius 3 is 1.68 bits per heavy atom. The van der Waals surface area contributed by atoms with Crippen LogP contribution in [-0.4, -0.2) is 27.7 Å². The van der Waals surface area contributed by atoms with Crippen molar-refractivity contribution in [1.29, 1.82) is 0 Å². The van der Waals surface area contributed by atoms with E-state index in [1.54, 1.807) is 11.1 Å². The van der Waals surface area contributed by atoms with Gasteiger partial charge in [-0.2, -0.15) is 0 Å². The molecule has 2 unspecified atom stereocenters. The molecule has 0 bridgehead atoms. The molecular formula is C20H20LiSi. The zero-order chi connectivity index (χ0) is 14.2. The van der Waals surface area contributed by atoms with Crippen LogP contribution in [0.4, 0.5) is 0 Å². The van der Waals surface area contributed by atoms with E-state index in [-0.39, 0.29) is 18.9 Å². The number of hydrogen-bond donors (Lipinski definition) is 0. The van der Waals surface area contributed by atoms with Gasteiger partial charge in [0.2, 0.25) is 0 Å². The molecule has 0 aromatic heterocycles. The Bertz CT molecular complexity index is 670. The first-order chi connectivity index (χ1) is 10.4. The van der Waals surface area contributed by atoms with Crippen LogP contribution in [-0.2, 0) is 0 Å². The fraction of sp³-hybridized carbons (Fsp3) is 0.200. The van der Waals surface area contributed by atoms with Gasteiger partial charge in [0.1, 0.15) is 0 Å². The first-order valence-corrected chi connectivity index (χ1v) is 10.1. The number of benzene rings is 2. The van der Waals surface area contributed by atoms with Gasteiger partial charge in [-0.3, -0.25) is 0 Å². The molecule has 0 N–H and O–H groups in total. The first-order valence-electron chi connectivity index (χ1n) is 7.92. The zero-order valence-electron chi connectivity index (χ0n) is 13.4. The van der Waals surface area contributed by atoms with E-state index in [1.807, 2.05) is 0 Å². The molecule has 2 aromatic carbocycles. The van der Waals surface area contributed by atoms with Gasteiger partial charge >= 0.3 is 0 Å². The SMILES string of the molecule is CC[SiH](C1C=Cc2ccccc21)C1C=Cc2ccccc21.[Li]. The Morgan fingerprint density at radius 2 is 1.23 bits per heavy atom. The summed E-state index contributed by atoms with van der Waals surface area (Å²) in [6, 6.07) is 19.2. The second-order valence-corrected chi connectivity index (χ2v) is 9.68. The van der Waals surface area contributed by atoms with Crippen molar-refractivity contribution in [1.82, 2.24) is 0 Å². The summed E-state index contributed by atoms with van der Waals surface area (Å²) in [5, 5.41) is 0. The number of fused-ring (bicyclic) bond motifs is 2. The zero-order valence-corrected chi connectivity index (χ0v) is 14.5. The number of rotatable bonds is 3. The van der Waals surface area contributed by atoms with Crippen LogP contribution < -0.4 is 0 Å². The summed E-state index contributed by atoms with van der Waals surface area (Å²) < 4.78 is 0. The van der Waals surface area contributed by atoms with E-state index in [4.69, 9.17) is 0 Å². The minimum absolute atomic E-state index is 0. The molecule has 2 heteroatoms. The van der Waals surface area contributed by atoms with Crippen LogP contribution in [0.3, 0.4) is 0 Å². The fourth-order valence-corrected chi connectivity index (χ4v) is 7.82. The van der Waals surface area contributed by atoms with Gasteiger partial charge in [0.05, 0.1) is 8.80 Å². The first kappa shape index (κ1) is 15.6. The topological polar surface area (TPSA) is 0 Å². The standard InChI is InChI=1S/C20H20Si.Li/c1-2-21(19-13-11-15-7-3-5-9-17(15)19)20-14-12-16-8-4-6-10-18(16)20;/h3-14,19-21H,2H2,1H3;. The Kier molecular flexibility index (Phi) is 4.59. The second-order valence-electron chi connectivity index (χ2n) is 6.10. The van der Waals surface area contributed by atoms with Gasteiger partial charge in [-0.25, -0.2) is 0 Å². The molecule has 2 aliphatic carbocycles. The summed E-state index contributed by atoms with van der Waals surface area (Å²) >= 11 is 0. The third-order valence-corrected chi connectivity index (χ3v) is 9.02. The van der Waals surface area contributed by atoms with Gasteiger partial charge in [-0.1, -0.05) is 85.8 Å². The third kappa shape index (κ3) is 2.48. The van der Waals surface area contributed by atoms with Crippen molar-refractivity contribution in [3.63, 3.8) is 0 Å². The molecule has 1 radical (unpaired) electrons. The predicted molar refractivity (Wildman–Crippen MR) is 99.8 cm³/mol. The maximum atomic E-state index is 2.47. The van der Waals surface area contributed by atoms with E-state index in [2.05, 4.69) is 79.8 Å². The van der Waals surface area contributed by atoms with Crippen LogP contribution in [0.25, 0.3) is 12.2 Å². The molecule has 0 heterocycles. The molecule has 0 nitrogen and oxygen atoms in total. The van der Waals surface area contributed by atoms with Gasteiger partial charge in [-0.05, 0) is 33.3 Å². The Balaban J connectivity index is 0.00000144. The largest absolute Gasteiger partial charge is 0.0794 e. The summed E-state index contributed by atoms with van der Waals surface area (Å²) in [7, 11) is -0.966. The van der Waals surface area contributed by atoms with Crippen molar-refractivity contribution in [2.75, 3.05) is 0 Å². The van der Waals surface area contributed by atoms with Gasteiger partial charge in [0.25, 0.3) is 0 Å². The molecule has 0 spiro atoms. The van der Waals surface area contributed by atoms with Crippen molar-refractivity contribution in [2.24, 2.45) is 0 Å². The van der Waals surface area contributed by atoms with E-state index in [0.29, 0.717) is 11.1 Å². The molecule has 105 valence electrons. The summed E-state index contributed by atoms with van der Waals surface area (Å²) in [6.45, 7) is 2.39. The van der Waals surface area contributed by atoms with E-state index in [1.165, 1.54) is 17.2 Å². The smallest absolute Gasteiger partial charge is 0.0619 e. The summed E-state index contributed by atoms with van der Waals surface area (Å²) in [6.07, 6.45) is 9.61. The molecular weight excluding hydrogens is 275 g/mol. The molecule has 0 amide bonds. The predicted octanol–water partition coefficient (Wildman–Crippen LogP) is 4.55. The van der Waals surface area contributed by atoms with Crippen molar-refractivity contribution >= 4 is 39.8 Å². The van der Waals surface area contributed by atoms with Gasteiger partial charge < -0.3 is 0 Å². The second kappa shape index (κ2) is 6.46. The van der Waals surface area contributed by atoms with E-state index in [0.717, 1.165) is 0 Å². The Morgan fingerprint density at radius 1 is 0.773 bits per heavy atom. The van der Waals surface area contributed by atoms with E-state index >= 15 is 0 Å². The molecule has 0 aliphatic heterocycles. The van der Waals surface area contributed by atoms with Crippen LogP contribution in [0.2, 0.25) is 6.04 Å². The normalized spacial score (nSPS) is 22.0. The quantitative estimate of drug-likeness (QED) is 0.729. The van der Waals surface area contributed by atoms with Crippen LogP contribution in [0.5, 0.6) is 0 Å². The van der Waals surface area contributed by atoms with Crippen molar-refractivity contribution in [3.8, 4) is 0 Å². The minimum Gasteiger partial charge on any atom is -0.0794 e. The number of hydrogen-bond acceptors (Lipinski definition) is 0. The maximum Gasteiger partial charge on any atom is 0.0619 e. The Hall–Kier alpha value is -1.27. The average Bonchev–Trinajstić information content (AvgIpc) is 3.14. The number of allylic oxidation sites excluding steroid dienone is 2. The molecule has 0 saturated heterocycles. The molecule has 22 heavy (non-hydrogen) atoms. The van der Waals surface area contributed by atoms with Crippen LogP contribution in [0.15, 0.2) is 60.7 Å². The van der Waals surface area contributed by atoms with Crippen molar-refractivity contribution in [3.05, 3.63) is 82.9 Å². The van der Waals surface area contributed by atoms with Crippen LogP contribution in [0.1, 0.15) is 40.3 Å². The average molecular weight is 295 g/mol. The monoisotopic (exact) mass is 295 g/mol. The molecule has 0 fully saturated rings. The van der Waals surface area contributed by atoms with Gasteiger partial charge in [0.15, 0.2) is 0 Å². The van der Waals surface area contributed by atoms with Crippen LogP contribution in [0, 0.1) is 0 Å². The molecule has 4 rings (SSSR count). The Labute approximate surface area is 146 Å². The van der Waals surface area contributed by atoms with Crippen LogP contribution >= 0.6 is 0 Å². The van der Waals surface area contributed by atoms with Crippen molar-refractivity contribution < 1.29 is 0 Å². The summed E-state index contributed by atoms with van der Waals surface area (Å²) in [5.74, 6) is 0. The summed E-state index contributed by atoms with van der Waals surface area (Å²) in [5.41, 5.74) is 7.37. The molecule has 0 saturated carbocycles. The van der Waals surface area contributed by atoms with Crippen molar-refractivity contribution in [2.45, 2.75) is 24.1 Å². The van der Waals surface area contributed by atoms with E-state index in [9.17, 15) is 0 Å². The van der Waals surface area contributed by atoms with E-state index < -0.39 is 8.80 Å². The maximum absolute atomic E-state index is 2.47. The fourth-order valence-electron chi connectivity index (χ4n) is 4.03.